The molecule has 3 nitrogen and oxygen atoms in total. The molecule has 2 rings (SSSR count). The number of amides is 1. The monoisotopic (exact) mass is 328 g/mol. The minimum atomic E-state index is -0.394. The lowest BCUT2D eigenvalue weighted by Crippen LogP contribution is -2.41. The number of likely N-dealkylation sites (tertiary alicyclic amines) is 1. The fourth-order valence-electron chi connectivity index (χ4n) is 2.54. The molecule has 0 radical (unpaired) electrons. The third-order valence-corrected chi connectivity index (χ3v) is 4.20. The molecule has 1 atom stereocenters. The van der Waals surface area contributed by atoms with E-state index in [9.17, 15) is 9.18 Å². The Morgan fingerprint density at radius 3 is 2.95 bits per heavy atom. The summed E-state index contributed by atoms with van der Waals surface area (Å²) in [7, 11) is 4.00. The van der Waals surface area contributed by atoms with Crippen LogP contribution in [0.5, 0.6) is 0 Å². The van der Waals surface area contributed by atoms with Crippen LogP contribution in [0.2, 0.25) is 0 Å². The molecule has 1 aromatic carbocycles. The molecule has 0 saturated carbocycles. The molecule has 0 bridgehead atoms. The molecule has 1 heterocycles. The van der Waals surface area contributed by atoms with Gasteiger partial charge in [0, 0.05) is 19.1 Å². The Balaban J connectivity index is 2.21. The van der Waals surface area contributed by atoms with E-state index in [1.807, 2.05) is 19.0 Å². The zero-order valence-electron chi connectivity index (χ0n) is 11.2. The van der Waals surface area contributed by atoms with Crippen LogP contribution in [-0.4, -0.2) is 48.9 Å². The van der Waals surface area contributed by atoms with Crippen LogP contribution >= 0.6 is 15.9 Å². The number of benzene rings is 1. The Morgan fingerprint density at radius 1 is 1.53 bits per heavy atom. The van der Waals surface area contributed by atoms with Gasteiger partial charge in [-0.2, -0.15) is 0 Å². The molecule has 104 valence electrons. The number of carbonyl (C=O) groups excluding carboxylic acids is 1. The van der Waals surface area contributed by atoms with Crippen molar-refractivity contribution >= 4 is 21.8 Å². The van der Waals surface area contributed by atoms with Crippen molar-refractivity contribution in [3.63, 3.8) is 0 Å². The average molecular weight is 329 g/mol. The van der Waals surface area contributed by atoms with Crippen molar-refractivity contribution in [3.8, 4) is 0 Å². The molecule has 0 spiro atoms. The Hall–Kier alpha value is -0.940. The number of nitrogens with zero attached hydrogens (tertiary/aromatic N) is 2. The second-order valence-electron chi connectivity index (χ2n) is 5.16. The summed E-state index contributed by atoms with van der Waals surface area (Å²) in [4.78, 5) is 16.5. The number of halogens is 2. The molecule has 1 unspecified atom stereocenters. The average Bonchev–Trinajstić information content (AvgIpc) is 2.79. The van der Waals surface area contributed by atoms with Gasteiger partial charge >= 0.3 is 0 Å². The molecule has 1 amide bonds. The predicted octanol–water partition coefficient (Wildman–Crippen LogP) is 2.75. The number of likely N-dealkylation sites (N-methyl/N-ethyl adjacent to an activating group) is 1. The van der Waals surface area contributed by atoms with Gasteiger partial charge in [-0.25, -0.2) is 4.39 Å². The molecular formula is C14H18BrFN2O. The van der Waals surface area contributed by atoms with E-state index < -0.39 is 5.82 Å². The summed E-state index contributed by atoms with van der Waals surface area (Å²) in [6, 6.07) is 4.81. The minimum Gasteiger partial charge on any atom is -0.334 e. The molecule has 5 heteroatoms. The van der Waals surface area contributed by atoms with Crippen LogP contribution in [0, 0.1) is 5.82 Å². The first-order valence-electron chi connectivity index (χ1n) is 6.40. The molecule has 0 aromatic heterocycles. The first kappa shape index (κ1) is 14.5. The Labute approximate surface area is 121 Å². The van der Waals surface area contributed by atoms with Gasteiger partial charge in [-0.1, -0.05) is 6.07 Å². The highest BCUT2D eigenvalue weighted by molar-refractivity contribution is 9.10. The van der Waals surface area contributed by atoms with Crippen LogP contribution in [0.15, 0.2) is 22.7 Å². The third-order valence-electron chi connectivity index (χ3n) is 3.40. The lowest BCUT2D eigenvalue weighted by atomic mass is 10.1. The molecular weight excluding hydrogens is 311 g/mol. The van der Waals surface area contributed by atoms with Crippen molar-refractivity contribution in [3.05, 3.63) is 34.1 Å². The normalized spacial score (nSPS) is 19.2. The molecule has 1 aromatic rings. The van der Waals surface area contributed by atoms with Gasteiger partial charge in [0.25, 0.3) is 5.91 Å². The minimum absolute atomic E-state index is 0.0873. The zero-order valence-corrected chi connectivity index (χ0v) is 12.8. The first-order valence-corrected chi connectivity index (χ1v) is 7.19. The van der Waals surface area contributed by atoms with E-state index in [-0.39, 0.29) is 16.4 Å². The largest absolute Gasteiger partial charge is 0.334 e. The van der Waals surface area contributed by atoms with Crippen molar-refractivity contribution in [1.29, 1.82) is 0 Å². The van der Waals surface area contributed by atoms with E-state index in [4.69, 9.17) is 0 Å². The number of rotatable bonds is 3. The van der Waals surface area contributed by atoms with Gasteiger partial charge < -0.3 is 9.80 Å². The summed E-state index contributed by atoms with van der Waals surface area (Å²) < 4.78 is 13.8. The highest BCUT2D eigenvalue weighted by Crippen LogP contribution is 2.26. The number of hydrogen-bond donors (Lipinski definition) is 0. The fourth-order valence-corrected chi connectivity index (χ4v) is 2.97. The summed E-state index contributed by atoms with van der Waals surface area (Å²) in [5.41, 5.74) is 0.408. The third kappa shape index (κ3) is 3.15. The van der Waals surface area contributed by atoms with E-state index in [1.54, 1.807) is 12.1 Å². The maximum Gasteiger partial charge on any atom is 0.255 e. The smallest absolute Gasteiger partial charge is 0.255 e. The van der Waals surface area contributed by atoms with Gasteiger partial charge in [0.2, 0.25) is 0 Å². The van der Waals surface area contributed by atoms with Gasteiger partial charge in [-0.3, -0.25) is 4.79 Å². The maximum atomic E-state index is 13.5. The van der Waals surface area contributed by atoms with Crippen molar-refractivity contribution in [2.75, 3.05) is 27.2 Å². The van der Waals surface area contributed by atoms with Gasteiger partial charge in [0.1, 0.15) is 5.82 Å². The quantitative estimate of drug-likeness (QED) is 0.851. The SMILES string of the molecule is CN(C)CC1CCCN1C(=O)c1cccc(F)c1Br. The summed E-state index contributed by atoms with van der Waals surface area (Å²) in [6.07, 6.45) is 2.02. The van der Waals surface area contributed by atoms with Crippen LogP contribution in [0.1, 0.15) is 23.2 Å². The van der Waals surface area contributed by atoms with Crippen LogP contribution < -0.4 is 0 Å². The highest BCUT2D eigenvalue weighted by atomic mass is 79.9. The number of carbonyl (C=O) groups is 1. The van der Waals surface area contributed by atoms with Crippen molar-refractivity contribution in [2.24, 2.45) is 0 Å². The highest BCUT2D eigenvalue weighted by Gasteiger charge is 2.30. The van der Waals surface area contributed by atoms with Crippen molar-refractivity contribution in [1.82, 2.24) is 9.80 Å². The Bertz CT molecular complexity index is 479. The molecule has 1 aliphatic rings. The number of hydrogen-bond acceptors (Lipinski definition) is 2. The Kier molecular flexibility index (Phi) is 4.58. The Morgan fingerprint density at radius 2 is 2.26 bits per heavy atom. The lowest BCUT2D eigenvalue weighted by Gasteiger charge is -2.27. The van der Waals surface area contributed by atoms with E-state index >= 15 is 0 Å². The van der Waals surface area contributed by atoms with Gasteiger partial charge in [0.05, 0.1) is 10.0 Å². The van der Waals surface area contributed by atoms with Crippen LogP contribution in [0.3, 0.4) is 0 Å². The van der Waals surface area contributed by atoms with E-state index in [0.29, 0.717) is 5.56 Å². The predicted molar refractivity (Wildman–Crippen MR) is 76.7 cm³/mol. The zero-order chi connectivity index (χ0) is 14.0. The molecule has 19 heavy (non-hydrogen) atoms. The van der Waals surface area contributed by atoms with E-state index in [2.05, 4.69) is 20.8 Å². The molecule has 1 aliphatic heterocycles. The summed E-state index contributed by atoms with van der Waals surface area (Å²) in [6.45, 7) is 1.60. The van der Waals surface area contributed by atoms with Crippen LogP contribution in [-0.2, 0) is 0 Å². The lowest BCUT2D eigenvalue weighted by molar-refractivity contribution is 0.0715. The van der Waals surface area contributed by atoms with Crippen molar-refractivity contribution < 1.29 is 9.18 Å². The van der Waals surface area contributed by atoms with Crippen LogP contribution in [0.25, 0.3) is 0 Å². The van der Waals surface area contributed by atoms with E-state index in [1.165, 1.54) is 6.07 Å². The van der Waals surface area contributed by atoms with Gasteiger partial charge in [-0.15, -0.1) is 0 Å². The van der Waals surface area contributed by atoms with E-state index in [0.717, 1.165) is 25.9 Å². The van der Waals surface area contributed by atoms with Crippen molar-refractivity contribution in [2.45, 2.75) is 18.9 Å². The topological polar surface area (TPSA) is 23.6 Å². The summed E-state index contributed by atoms with van der Waals surface area (Å²) in [5.74, 6) is -0.482. The van der Waals surface area contributed by atoms with Gasteiger partial charge in [0.15, 0.2) is 0 Å². The maximum absolute atomic E-state index is 13.5. The molecule has 0 aliphatic carbocycles. The molecule has 1 saturated heterocycles. The summed E-state index contributed by atoms with van der Waals surface area (Å²) >= 11 is 3.17. The standard InChI is InChI=1S/C14H18BrFN2O/c1-17(2)9-10-5-4-8-18(10)14(19)11-6-3-7-12(16)13(11)15/h3,6-7,10H,4-5,8-9H2,1-2H3. The van der Waals surface area contributed by atoms with Gasteiger partial charge in [-0.05, 0) is 55.0 Å². The fraction of sp³-hybridized carbons (Fsp3) is 0.500. The second-order valence-corrected chi connectivity index (χ2v) is 5.95. The summed E-state index contributed by atoms with van der Waals surface area (Å²) in [5, 5.41) is 0. The molecule has 0 N–H and O–H groups in total. The first-order chi connectivity index (χ1) is 9.00. The van der Waals surface area contributed by atoms with Crippen LogP contribution in [0.4, 0.5) is 4.39 Å². The molecule has 1 fully saturated rings. The second kappa shape index (κ2) is 6.01.